The number of benzene rings is 1. The Balaban J connectivity index is 1.84. The summed E-state index contributed by atoms with van der Waals surface area (Å²) >= 11 is 0. The van der Waals surface area contributed by atoms with Crippen LogP contribution < -0.4 is 5.32 Å². The van der Waals surface area contributed by atoms with Crippen LogP contribution in [0.3, 0.4) is 0 Å². The first-order chi connectivity index (χ1) is 11.6. The number of amides is 2. The predicted molar refractivity (Wildman–Crippen MR) is 95.1 cm³/mol. The lowest BCUT2D eigenvalue weighted by Gasteiger charge is -2.32. The summed E-state index contributed by atoms with van der Waals surface area (Å²) < 4.78 is 5.20. The summed E-state index contributed by atoms with van der Waals surface area (Å²) in [6, 6.07) is 10.1. The lowest BCUT2D eigenvalue weighted by molar-refractivity contribution is 0.106. The van der Waals surface area contributed by atoms with Gasteiger partial charge >= 0.3 is 6.03 Å². The van der Waals surface area contributed by atoms with Gasteiger partial charge in [0.15, 0.2) is 0 Å². The minimum Gasteiger partial charge on any atom is -0.393 e. The molecule has 0 saturated carbocycles. The first-order valence-electron chi connectivity index (χ1n) is 8.85. The van der Waals surface area contributed by atoms with E-state index < -0.39 is 6.10 Å². The van der Waals surface area contributed by atoms with Crippen molar-refractivity contribution in [1.82, 2.24) is 10.2 Å². The van der Waals surface area contributed by atoms with Crippen molar-refractivity contribution >= 4 is 6.03 Å². The molecule has 1 aromatic carbocycles. The molecule has 1 fully saturated rings. The molecule has 0 aliphatic carbocycles. The fraction of sp³-hybridized carbons (Fsp3) is 0.632. The van der Waals surface area contributed by atoms with Crippen molar-refractivity contribution in [2.75, 3.05) is 33.4 Å². The summed E-state index contributed by atoms with van der Waals surface area (Å²) in [6.45, 7) is 4.68. The number of aliphatic hydroxyl groups is 1. The minimum atomic E-state index is -0.392. The highest BCUT2D eigenvalue weighted by Crippen LogP contribution is 2.21. The molecular formula is C19H30N2O3. The van der Waals surface area contributed by atoms with E-state index >= 15 is 0 Å². The SMILES string of the molecule is COCC1CCN(C(=O)NCC(CC(C)O)c2ccccc2)CC1. The Bertz CT molecular complexity index is 485. The topological polar surface area (TPSA) is 61.8 Å². The molecule has 1 aliphatic heterocycles. The van der Waals surface area contributed by atoms with Gasteiger partial charge in [-0.1, -0.05) is 30.3 Å². The fourth-order valence-corrected chi connectivity index (χ4v) is 3.33. The Morgan fingerprint density at radius 2 is 2.00 bits per heavy atom. The highest BCUT2D eigenvalue weighted by atomic mass is 16.5. The maximum atomic E-state index is 12.4. The molecule has 2 unspecified atom stereocenters. The van der Waals surface area contributed by atoms with Crippen molar-refractivity contribution in [2.45, 2.75) is 38.2 Å². The number of likely N-dealkylation sites (tertiary alicyclic amines) is 1. The smallest absolute Gasteiger partial charge is 0.317 e. The van der Waals surface area contributed by atoms with Crippen LogP contribution in [0, 0.1) is 5.92 Å². The molecule has 5 heteroatoms. The third kappa shape index (κ3) is 5.80. The number of urea groups is 1. The highest BCUT2D eigenvalue weighted by Gasteiger charge is 2.23. The van der Waals surface area contributed by atoms with Crippen LogP contribution in [0.15, 0.2) is 30.3 Å². The van der Waals surface area contributed by atoms with Gasteiger partial charge in [-0.05, 0) is 37.7 Å². The van der Waals surface area contributed by atoms with Crippen molar-refractivity contribution in [3.05, 3.63) is 35.9 Å². The van der Waals surface area contributed by atoms with Crippen molar-refractivity contribution < 1.29 is 14.6 Å². The van der Waals surface area contributed by atoms with Crippen LogP contribution in [0.2, 0.25) is 0 Å². The first-order valence-corrected chi connectivity index (χ1v) is 8.85. The zero-order valence-electron chi connectivity index (χ0n) is 14.8. The monoisotopic (exact) mass is 334 g/mol. The third-order valence-electron chi connectivity index (χ3n) is 4.70. The van der Waals surface area contributed by atoms with Crippen LogP contribution in [0.5, 0.6) is 0 Å². The van der Waals surface area contributed by atoms with Gasteiger partial charge in [-0.15, -0.1) is 0 Å². The second-order valence-corrected chi connectivity index (χ2v) is 6.76. The molecule has 5 nitrogen and oxygen atoms in total. The third-order valence-corrected chi connectivity index (χ3v) is 4.70. The zero-order valence-corrected chi connectivity index (χ0v) is 14.8. The Morgan fingerprint density at radius 3 is 2.58 bits per heavy atom. The molecular weight excluding hydrogens is 304 g/mol. The van der Waals surface area contributed by atoms with Crippen LogP contribution in [0.25, 0.3) is 0 Å². The first kappa shape index (κ1) is 18.7. The highest BCUT2D eigenvalue weighted by molar-refractivity contribution is 5.74. The average Bonchev–Trinajstić information content (AvgIpc) is 2.60. The summed E-state index contributed by atoms with van der Waals surface area (Å²) in [4.78, 5) is 14.3. The number of hydrogen-bond donors (Lipinski definition) is 2. The summed E-state index contributed by atoms with van der Waals surface area (Å²) in [5.74, 6) is 0.688. The quantitative estimate of drug-likeness (QED) is 0.806. The molecule has 1 aliphatic rings. The van der Waals surface area contributed by atoms with Gasteiger partial charge in [-0.3, -0.25) is 0 Å². The number of piperidine rings is 1. The molecule has 24 heavy (non-hydrogen) atoms. The van der Waals surface area contributed by atoms with E-state index in [1.54, 1.807) is 14.0 Å². The molecule has 2 N–H and O–H groups in total. The normalized spacial score (nSPS) is 18.2. The molecule has 0 radical (unpaired) electrons. The molecule has 0 bridgehead atoms. The maximum Gasteiger partial charge on any atom is 0.317 e. The number of nitrogens with one attached hydrogen (secondary N) is 1. The lowest BCUT2D eigenvalue weighted by atomic mass is 9.93. The summed E-state index contributed by atoms with van der Waals surface area (Å²) in [5.41, 5.74) is 1.15. The van der Waals surface area contributed by atoms with Crippen molar-refractivity contribution in [1.29, 1.82) is 0 Å². The fourth-order valence-electron chi connectivity index (χ4n) is 3.33. The van der Waals surface area contributed by atoms with Gasteiger partial charge in [0.25, 0.3) is 0 Å². The molecule has 1 aromatic rings. The lowest BCUT2D eigenvalue weighted by Crippen LogP contribution is -2.46. The number of hydrogen-bond acceptors (Lipinski definition) is 3. The van der Waals surface area contributed by atoms with Gasteiger partial charge in [-0.25, -0.2) is 4.79 Å². The molecule has 2 rings (SSSR count). The molecule has 134 valence electrons. The van der Waals surface area contributed by atoms with Gasteiger partial charge in [0.2, 0.25) is 0 Å². The summed E-state index contributed by atoms with van der Waals surface area (Å²) in [7, 11) is 1.73. The van der Waals surface area contributed by atoms with E-state index in [2.05, 4.69) is 17.4 Å². The summed E-state index contributed by atoms with van der Waals surface area (Å²) in [5, 5.41) is 12.8. The molecule has 2 atom stereocenters. The minimum absolute atomic E-state index is 0.00242. The van der Waals surface area contributed by atoms with E-state index in [4.69, 9.17) is 4.74 Å². The molecule has 0 aromatic heterocycles. The van der Waals surface area contributed by atoms with Crippen molar-refractivity contribution in [3.8, 4) is 0 Å². The molecule has 0 spiro atoms. The molecule has 1 heterocycles. The zero-order chi connectivity index (χ0) is 17.4. The second-order valence-electron chi connectivity index (χ2n) is 6.76. The molecule has 2 amide bonds. The number of carbonyl (C=O) groups is 1. The van der Waals surface area contributed by atoms with Crippen LogP contribution in [0.4, 0.5) is 4.79 Å². The number of aliphatic hydroxyl groups excluding tert-OH is 1. The Hall–Kier alpha value is -1.59. The number of methoxy groups -OCH3 is 1. The number of rotatable bonds is 7. The van der Waals surface area contributed by atoms with E-state index in [1.165, 1.54) is 0 Å². The Kier molecular flexibility index (Phi) is 7.53. The van der Waals surface area contributed by atoms with Gasteiger partial charge in [-0.2, -0.15) is 0 Å². The van der Waals surface area contributed by atoms with Crippen LogP contribution >= 0.6 is 0 Å². The van der Waals surface area contributed by atoms with E-state index in [1.807, 2.05) is 23.1 Å². The second kappa shape index (κ2) is 9.64. The van der Waals surface area contributed by atoms with Crippen LogP contribution in [0.1, 0.15) is 37.7 Å². The van der Waals surface area contributed by atoms with Crippen molar-refractivity contribution in [3.63, 3.8) is 0 Å². The number of ether oxygens (including phenoxy) is 1. The number of carbonyl (C=O) groups excluding carboxylic acids is 1. The Labute approximate surface area is 145 Å². The Morgan fingerprint density at radius 1 is 1.33 bits per heavy atom. The van der Waals surface area contributed by atoms with Crippen LogP contribution in [-0.4, -0.2) is 55.5 Å². The molecule has 1 saturated heterocycles. The van der Waals surface area contributed by atoms with E-state index in [0.717, 1.165) is 38.1 Å². The van der Waals surface area contributed by atoms with Gasteiger partial charge in [0, 0.05) is 39.3 Å². The average molecular weight is 334 g/mol. The van der Waals surface area contributed by atoms with E-state index in [-0.39, 0.29) is 11.9 Å². The maximum absolute atomic E-state index is 12.4. The van der Waals surface area contributed by atoms with Gasteiger partial charge in [0.1, 0.15) is 0 Å². The van der Waals surface area contributed by atoms with E-state index in [9.17, 15) is 9.90 Å². The largest absolute Gasteiger partial charge is 0.393 e. The van der Waals surface area contributed by atoms with Crippen LogP contribution in [-0.2, 0) is 4.74 Å². The van der Waals surface area contributed by atoms with Gasteiger partial charge < -0.3 is 20.1 Å². The van der Waals surface area contributed by atoms with Crippen molar-refractivity contribution in [2.24, 2.45) is 5.92 Å². The van der Waals surface area contributed by atoms with E-state index in [0.29, 0.717) is 18.9 Å². The summed E-state index contributed by atoms with van der Waals surface area (Å²) in [6.07, 6.45) is 2.24. The predicted octanol–water partition coefficient (Wildman–Crippen LogP) is 2.61. The van der Waals surface area contributed by atoms with Gasteiger partial charge in [0.05, 0.1) is 6.10 Å². The number of nitrogens with zero attached hydrogens (tertiary/aromatic N) is 1. The standard InChI is InChI=1S/C19H30N2O3/c1-15(22)12-18(17-6-4-3-5-7-17)13-20-19(23)21-10-8-16(9-11-21)14-24-2/h3-7,15-16,18,22H,8-14H2,1-2H3,(H,20,23).